The van der Waals surface area contributed by atoms with Gasteiger partial charge in [-0.2, -0.15) is 0 Å². The Morgan fingerprint density at radius 1 is 1.00 bits per heavy atom. The summed E-state index contributed by atoms with van der Waals surface area (Å²) >= 11 is 1.52. The smallest absolute Gasteiger partial charge is 0.122 e. The Kier molecular flexibility index (Phi) is 5.05. The number of rotatable bonds is 5. The summed E-state index contributed by atoms with van der Waals surface area (Å²) in [5, 5.41) is -0.288. The first-order valence-corrected chi connectivity index (χ1v) is 10.7. The van der Waals surface area contributed by atoms with Crippen molar-refractivity contribution < 1.29 is 9.79 Å². The maximum atomic E-state index is 12.4. The summed E-state index contributed by atoms with van der Waals surface area (Å²) in [5.74, 6) is 0.954. The summed E-state index contributed by atoms with van der Waals surface area (Å²) in [6.45, 7) is 0. The molecule has 0 aromatic heterocycles. The molecule has 2 aromatic rings. The van der Waals surface area contributed by atoms with Gasteiger partial charge in [-0.3, -0.25) is 8.42 Å². The Hall–Kier alpha value is -0.910. The Balaban J connectivity index is 1.93. The zero-order valence-corrected chi connectivity index (χ0v) is 14.4. The molecule has 0 amide bonds. The van der Waals surface area contributed by atoms with Gasteiger partial charge in [0.05, 0.1) is 0 Å². The fraction of sp³-hybridized carbons (Fsp3) is 0.294. The Morgan fingerprint density at radius 2 is 1.55 bits per heavy atom. The van der Waals surface area contributed by atoms with Crippen molar-refractivity contribution in [3.8, 4) is 0 Å². The fourth-order valence-corrected chi connectivity index (χ4v) is 8.50. The lowest BCUT2D eigenvalue weighted by Crippen LogP contribution is -2.29. The second-order valence-corrected chi connectivity index (χ2v) is 9.92. The standard InChI is InChI=1S/C17H18O2S3/c18-21-11-12-22(19)17(21)16(13-14-7-3-1-4-8-14)20-15-9-5-2-6-10-15/h1-10,16-17H,11-13H2/t16?,17?,21-,22+/i13D/t13?,16?,17?,21-,22+. The van der Waals surface area contributed by atoms with Gasteiger partial charge in [0.15, 0.2) is 0 Å². The van der Waals surface area contributed by atoms with Crippen LogP contribution < -0.4 is 0 Å². The van der Waals surface area contributed by atoms with Gasteiger partial charge in [-0.05, 0) is 24.1 Å². The lowest BCUT2D eigenvalue weighted by Gasteiger charge is -2.21. The van der Waals surface area contributed by atoms with Gasteiger partial charge in [-0.15, -0.1) is 11.8 Å². The molecular weight excluding hydrogens is 332 g/mol. The van der Waals surface area contributed by atoms with Gasteiger partial charge in [0.1, 0.15) is 4.58 Å². The van der Waals surface area contributed by atoms with E-state index >= 15 is 0 Å². The third kappa shape index (κ3) is 3.89. The van der Waals surface area contributed by atoms with Gasteiger partial charge in [0.25, 0.3) is 0 Å². The summed E-state index contributed by atoms with van der Waals surface area (Å²) in [6, 6.07) is 19.4. The molecule has 3 rings (SSSR count). The van der Waals surface area contributed by atoms with Crippen molar-refractivity contribution in [2.45, 2.75) is 21.1 Å². The first-order valence-electron chi connectivity index (χ1n) is 7.68. The van der Waals surface area contributed by atoms with E-state index in [0.29, 0.717) is 11.5 Å². The molecule has 3 unspecified atom stereocenters. The second-order valence-electron chi connectivity index (χ2n) is 5.01. The Morgan fingerprint density at radius 3 is 2.14 bits per heavy atom. The molecule has 5 heteroatoms. The number of hydrogen-bond donors (Lipinski definition) is 0. The highest BCUT2D eigenvalue weighted by Crippen LogP contribution is 2.33. The largest absolute Gasteiger partial charge is 0.258 e. The summed E-state index contributed by atoms with van der Waals surface area (Å²) < 4.78 is 33.0. The first kappa shape index (κ1) is 14.7. The van der Waals surface area contributed by atoms with E-state index in [0.717, 1.165) is 10.5 Å². The quantitative estimate of drug-likeness (QED) is 0.776. The van der Waals surface area contributed by atoms with Crippen molar-refractivity contribution in [3.63, 3.8) is 0 Å². The molecule has 0 aliphatic carbocycles. The molecule has 2 aromatic carbocycles. The van der Waals surface area contributed by atoms with E-state index in [4.69, 9.17) is 1.37 Å². The molecule has 2 nitrogen and oxygen atoms in total. The average molecular weight is 352 g/mol. The van der Waals surface area contributed by atoms with E-state index in [1.54, 1.807) is 0 Å². The van der Waals surface area contributed by atoms with Crippen molar-refractivity contribution in [2.75, 3.05) is 11.5 Å². The van der Waals surface area contributed by atoms with Crippen LogP contribution >= 0.6 is 11.8 Å². The maximum absolute atomic E-state index is 12.4. The van der Waals surface area contributed by atoms with Crippen LogP contribution in [0.4, 0.5) is 0 Å². The summed E-state index contributed by atoms with van der Waals surface area (Å²) in [4.78, 5) is 1.02. The molecule has 0 spiro atoms. The minimum atomic E-state index is -1.13. The molecule has 1 aliphatic heterocycles. The third-order valence-electron chi connectivity index (χ3n) is 3.44. The molecular formula is C17H18O2S3. The van der Waals surface area contributed by atoms with Crippen LogP contribution in [-0.2, 0) is 28.0 Å². The van der Waals surface area contributed by atoms with Gasteiger partial charge in [0, 0.05) is 44.6 Å². The summed E-state index contributed by atoms with van der Waals surface area (Å²) in [7, 11) is -2.26. The summed E-state index contributed by atoms with van der Waals surface area (Å²) in [5.41, 5.74) is 0.877. The monoisotopic (exact) mass is 351 g/mol. The van der Waals surface area contributed by atoms with Crippen molar-refractivity contribution in [2.24, 2.45) is 0 Å². The van der Waals surface area contributed by atoms with Crippen LogP contribution in [0.2, 0.25) is 0 Å². The highest BCUT2D eigenvalue weighted by molar-refractivity contribution is 8.09. The highest BCUT2D eigenvalue weighted by Gasteiger charge is 2.37. The van der Waals surface area contributed by atoms with Gasteiger partial charge < -0.3 is 0 Å². The minimum Gasteiger partial charge on any atom is -0.258 e. The zero-order chi connectivity index (χ0) is 16.2. The lowest BCUT2D eigenvalue weighted by molar-refractivity contribution is 0.673. The van der Waals surface area contributed by atoms with Crippen LogP contribution in [0.3, 0.4) is 0 Å². The van der Waals surface area contributed by atoms with Crippen LogP contribution in [0.25, 0.3) is 0 Å². The van der Waals surface area contributed by atoms with Gasteiger partial charge in [-0.1, -0.05) is 48.5 Å². The SMILES string of the molecule is [2H]C(c1ccccc1)C(Sc1ccccc1)C1[S@](=O)CC[S@@]1=O. The number of benzene rings is 2. The molecule has 5 atom stereocenters. The molecule has 1 fully saturated rings. The van der Waals surface area contributed by atoms with E-state index in [-0.39, 0.29) is 5.25 Å². The zero-order valence-electron chi connectivity index (χ0n) is 13.0. The summed E-state index contributed by atoms with van der Waals surface area (Å²) in [6.07, 6.45) is -0.558. The minimum absolute atomic E-state index is 0.288. The van der Waals surface area contributed by atoms with Crippen LogP contribution in [-0.4, -0.2) is 29.8 Å². The van der Waals surface area contributed by atoms with Crippen molar-refractivity contribution >= 4 is 33.4 Å². The maximum Gasteiger partial charge on any atom is 0.122 e. The molecule has 0 radical (unpaired) electrons. The average Bonchev–Trinajstić information content (AvgIpc) is 2.92. The van der Waals surface area contributed by atoms with Crippen LogP contribution in [0.15, 0.2) is 65.6 Å². The molecule has 1 aliphatic rings. The first-order chi connectivity index (χ1) is 11.2. The highest BCUT2D eigenvalue weighted by atomic mass is 32.3. The van der Waals surface area contributed by atoms with Crippen LogP contribution in [0.1, 0.15) is 6.93 Å². The predicted octanol–water partition coefficient (Wildman–Crippen LogP) is 3.23. The van der Waals surface area contributed by atoms with E-state index in [2.05, 4.69) is 0 Å². The van der Waals surface area contributed by atoms with E-state index in [9.17, 15) is 8.42 Å². The lowest BCUT2D eigenvalue weighted by atomic mass is 10.1. The fourth-order valence-electron chi connectivity index (χ4n) is 2.39. The van der Waals surface area contributed by atoms with E-state index < -0.39 is 32.6 Å². The number of hydrogen-bond acceptors (Lipinski definition) is 3. The van der Waals surface area contributed by atoms with Crippen molar-refractivity contribution in [3.05, 3.63) is 66.2 Å². The normalized spacial score (nSPS) is 28.0. The van der Waals surface area contributed by atoms with Crippen LogP contribution in [0.5, 0.6) is 0 Å². The third-order valence-corrected chi connectivity index (χ3v) is 9.40. The molecule has 0 N–H and O–H groups in total. The molecule has 22 heavy (non-hydrogen) atoms. The Labute approximate surface area is 142 Å². The Bertz CT molecular complexity index is 677. The van der Waals surface area contributed by atoms with Gasteiger partial charge >= 0.3 is 0 Å². The second kappa shape index (κ2) is 7.57. The molecule has 1 saturated heterocycles. The van der Waals surface area contributed by atoms with E-state index in [1.165, 1.54) is 11.8 Å². The molecule has 0 saturated carbocycles. The topological polar surface area (TPSA) is 34.1 Å². The van der Waals surface area contributed by atoms with Crippen molar-refractivity contribution in [1.29, 1.82) is 0 Å². The van der Waals surface area contributed by atoms with E-state index in [1.807, 2.05) is 60.7 Å². The number of thioether (sulfide) groups is 1. The van der Waals surface area contributed by atoms with Crippen molar-refractivity contribution in [1.82, 2.24) is 0 Å². The van der Waals surface area contributed by atoms with Gasteiger partial charge in [-0.25, -0.2) is 0 Å². The molecule has 116 valence electrons. The predicted molar refractivity (Wildman–Crippen MR) is 96.0 cm³/mol. The van der Waals surface area contributed by atoms with Crippen LogP contribution in [0, 0.1) is 0 Å². The molecule has 1 heterocycles. The molecule has 0 bridgehead atoms. The van der Waals surface area contributed by atoms with Gasteiger partial charge in [0.2, 0.25) is 0 Å².